The second kappa shape index (κ2) is 8.67. The molecule has 0 bridgehead atoms. The van der Waals surface area contributed by atoms with Crippen LogP contribution < -0.4 is 10.2 Å². The summed E-state index contributed by atoms with van der Waals surface area (Å²) < 4.78 is 22.8. The lowest BCUT2D eigenvalue weighted by atomic mass is 10.1. The number of quaternary nitrogens is 1. The highest BCUT2D eigenvalue weighted by molar-refractivity contribution is 7.89. The van der Waals surface area contributed by atoms with Crippen LogP contribution in [0.25, 0.3) is 0 Å². The number of nitrogens with one attached hydrogen (secondary N) is 2. The number of hydrogen-bond donors (Lipinski definition) is 2. The highest BCUT2D eigenvalue weighted by Crippen LogP contribution is 2.12. The molecule has 2 N–H and O–H groups in total. The van der Waals surface area contributed by atoms with Gasteiger partial charge in [0.05, 0.1) is 25.4 Å². The van der Waals surface area contributed by atoms with E-state index < -0.39 is 9.84 Å². The van der Waals surface area contributed by atoms with E-state index in [0.29, 0.717) is 17.7 Å². The minimum Gasteiger partial charge on any atom is -0.346 e. The van der Waals surface area contributed by atoms with E-state index in [0.717, 1.165) is 13.1 Å². The molecule has 1 aliphatic rings. The SMILES string of the molecule is CS(=O)(=O)Cc1ccc(C(=O)NC[C@@H](c2ccccc2)[NH+]2CCCC2)cc1. The molecule has 6 heteroatoms. The van der Waals surface area contributed by atoms with Crippen molar-refractivity contribution in [2.45, 2.75) is 24.6 Å². The normalized spacial score (nSPS) is 16.2. The predicted molar refractivity (Wildman–Crippen MR) is 106 cm³/mol. The molecule has 1 fully saturated rings. The molecular formula is C21H27N2O3S+. The monoisotopic (exact) mass is 387 g/mol. The van der Waals surface area contributed by atoms with Gasteiger partial charge in [-0.1, -0.05) is 42.5 Å². The van der Waals surface area contributed by atoms with Crippen molar-refractivity contribution in [1.29, 1.82) is 0 Å². The molecule has 1 amide bonds. The summed E-state index contributed by atoms with van der Waals surface area (Å²) in [6.07, 6.45) is 3.67. The smallest absolute Gasteiger partial charge is 0.251 e. The summed E-state index contributed by atoms with van der Waals surface area (Å²) in [6, 6.07) is 17.4. The van der Waals surface area contributed by atoms with Crippen LogP contribution in [0.1, 0.15) is 40.4 Å². The van der Waals surface area contributed by atoms with Gasteiger partial charge in [-0.3, -0.25) is 4.79 Å². The van der Waals surface area contributed by atoms with Gasteiger partial charge in [0.25, 0.3) is 5.91 Å². The van der Waals surface area contributed by atoms with E-state index in [9.17, 15) is 13.2 Å². The van der Waals surface area contributed by atoms with E-state index in [1.54, 1.807) is 24.3 Å². The van der Waals surface area contributed by atoms with Crippen LogP contribution in [0.2, 0.25) is 0 Å². The first-order valence-electron chi connectivity index (χ1n) is 9.37. The molecule has 0 saturated carbocycles. The molecule has 0 radical (unpaired) electrons. The predicted octanol–water partition coefficient (Wildman–Crippen LogP) is 1.38. The average molecular weight is 388 g/mol. The van der Waals surface area contributed by atoms with E-state index in [-0.39, 0.29) is 17.7 Å². The number of amides is 1. The Morgan fingerprint density at radius 3 is 2.26 bits per heavy atom. The van der Waals surface area contributed by atoms with E-state index in [2.05, 4.69) is 17.4 Å². The van der Waals surface area contributed by atoms with Gasteiger partial charge in [-0.05, 0) is 17.7 Å². The Bertz CT molecular complexity index is 858. The van der Waals surface area contributed by atoms with Gasteiger partial charge in [-0.15, -0.1) is 0 Å². The standard InChI is InChI=1S/C21H26N2O3S/c1-27(25,26)16-17-9-11-19(12-10-17)21(24)22-15-20(23-13-5-6-14-23)18-7-3-2-4-8-18/h2-4,7-12,20H,5-6,13-16H2,1H3,(H,22,24)/p+1/t20-/m0/s1. The third-order valence-electron chi connectivity index (χ3n) is 5.05. The van der Waals surface area contributed by atoms with Gasteiger partial charge in [0.2, 0.25) is 0 Å². The fourth-order valence-corrected chi connectivity index (χ4v) is 4.51. The molecule has 0 unspecified atom stereocenters. The molecule has 0 aliphatic carbocycles. The summed E-state index contributed by atoms with van der Waals surface area (Å²) >= 11 is 0. The van der Waals surface area contributed by atoms with Gasteiger partial charge in [0, 0.05) is 30.2 Å². The van der Waals surface area contributed by atoms with E-state index in [1.165, 1.54) is 29.6 Å². The maximum absolute atomic E-state index is 12.6. The summed E-state index contributed by atoms with van der Waals surface area (Å²) in [4.78, 5) is 14.1. The number of rotatable bonds is 7. The Kier molecular flexibility index (Phi) is 6.29. The Morgan fingerprint density at radius 1 is 1.04 bits per heavy atom. The molecule has 3 rings (SSSR count). The van der Waals surface area contributed by atoms with Crippen molar-refractivity contribution in [3.8, 4) is 0 Å². The van der Waals surface area contributed by atoms with E-state index in [4.69, 9.17) is 0 Å². The summed E-state index contributed by atoms with van der Waals surface area (Å²) in [6.45, 7) is 2.86. The van der Waals surface area contributed by atoms with Gasteiger partial charge < -0.3 is 10.2 Å². The molecule has 1 saturated heterocycles. The van der Waals surface area contributed by atoms with Crippen LogP contribution in [0.4, 0.5) is 0 Å². The Morgan fingerprint density at radius 2 is 1.67 bits per heavy atom. The van der Waals surface area contributed by atoms with E-state index >= 15 is 0 Å². The molecule has 1 heterocycles. The maximum Gasteiger partial charge on any atom is 0.251 e. The zero-order valence-electron chi connectivity index (χ0n) is 15.6. The van der Waals surface area contributed by atoms with Crippen LogP contribution in [0.3, 0.4) is 0 Å². The minimum absolute atomic E-state index is 0.0106. The quantitative estimate of drug-likeness (QED) is 0.754. The lowest BCUT2D eigenvalue weighted by Gasteiger charge is -2.25. The van der Waals surface area contributed by atoms with Crippen LogP contribution in [-0.4, -0.2) is 40.2 Å². The average Bonchev–Trinajstić information content (AvgIpc) is 3.16. The summed E-state index contributed by atoms with van der Waals surface area (Å²) in [7, 11) is -3.08. The van der Waals surface area contributed by atoms with Crippen molar-refractivity contribution < 1.29 is 18.1 Å². The van der Waals surface area contributed by atoms with E-state index in [1.807, 2.05) is 18.2 Å². The molecule has 2 aromatic carbocycles. The van der Waals surface area contributed by atoms with Gasteiger partial charge in [0.1, 0.15) is 6.04 Å². The van der Waals surface area contributed by atoms with Crippen LogP contribution >= 0.6 is 0 Å². The van der Waals surface area contributed by atoms with Crippen LogP contribution in [0, 0.1) is 0 Å². The molecule has 0 spiro atoms. The van der Waals surface area contributed by atoms with Gasteiger partial charge in [-0.2, -0.15) is 0 Å². The zero-order valence-corrected chi connectivity index (χ0v) is 16.5. The van der Waals surface area contributed by atoms with Crippen molar-refractivity contribution in [3.05, 3.63) is 71.3 Å². The fourth-order valence-electron chi connectivity index (χ4n) is 3.71. The molecule has 27 heavy (non-hydrogen) atoms. The van der Waals surface area contributed by atoms with Gasteiger partial charge in [0.15, 0.2) is 9.84 Å². The van der Waals surface area contributed by atoms with Crippen molar-refractivity contribution in [3.63, 3.8) is 0 Å². The van der Waals surface area contributed by atoms with Crippen molar-refractivity contribution in [2.24, 2.45) is 0 Å². The number of benzene rings is 2. The highest BCUT2D eigenvalue weighted by atomic mass is 32.2. The number of likely N-dealkylation sites (tertiary alicyclic amines) is 1. The third kappa shape index (κ3) is 5.65. The van der Waals surface area contributed by atoms with Crippen LogP contribution in [0.5, 0.6) is 0 Å². The maximum atomic E-state index is 12.6. The summed E-state index contributed by atoms with van der Waals surface area (Å²) in [5, 5.41) is 3.06. The lowest BCUT2D eigenvalue weighted by molar-refractivity contribution is -0.918. The number of sulfone groups is 1. The van der Waals surface area contributed by atoms with Crippen LogP contribution in [0.15, 0.2) is 54.6 Å². The second-order valence-electron chi connectivity index (χ2n) is 7.31. The Hall–Kier alpha value is -2.18. The molecule has 5 nitrogen and oxygen atoms in total. The topological polar surface area (TPSA) is 67.7 Å². The molecule has 0 aromatic heterocycles. The molecule has 1 atom stereocenters. The van der Waals surface area contributed by atoms with Crippen LogP contribution in [-0.2, 0) is 15.6 Å². The first-order valence-corrected chi connectivity index (χ1v) is 11.4. The first kappa shape index (κ1) is 19.6. The molecule has 144 valence electrons. The molecule has 2 aromatic rings. The summed E-state index contributed by atoms with van der Waals surface area (Å²) in [5.41, 5.74) is 2.49. The van der Waals surface area contributed by atoms with Crippen molar-refractivity contribution in [1.82, 2.24) is 5.32 Å². The second-order valence-corrected chi connectivity index (χ2v) is 9.45. The number of hydrogen-bond acceptors (Lipinski definition) is 3. The molecular weight excluding hydrogens is 360 g/mol. The first-order chi connectivity index (χ1) is 12.9. The van der Waals surface area contributed by atoms with Crippen molar-refractivity contribution in [2.75, 3.05) is 25.9 Å². The number of carbonyl (C=O) groups is 1. The Labute approximate surface area is 161 Å². The summed E-state index contributed by atoms with van der Waals surface area (Å²) in [5.74, 6) is -0.135. The minimum atomic E-state index is -3.08. The zero-order chi connectivity index (χ0) is 19.3. The lowest BCUT2D eigenvalue weighted by Crippen LogP contribution is -3.11. The fraction of sp³-hybridized carbons (Fsp3) is 0.381. The third-order valence-corrected chi connectivity index (χ3v) is 5.91. The largest absolute Gasteiger partial charge is 0.346 e. The number of carbonyl (C=O) groups excluding carboxylic acids is 1. The van der Waals surface area contributed by atoms with Crippen molar-refractivity contribution >= 4 is 15.7 Å². The van der Waals surface area contributed by atoms with Gasteiger partial charge >= 0.3 is 0 Å². The van der Waals surface area contributed by atoms with Gasteiger partial charge in [-0.25, -0.2) is 8.42 Å². The molecule has 1 aliphatic heterocycles. The highest BCUT2D eigenvalue weighted by Gasteiger charge is 2.27. The Balaban J connectivity index is 1.65.